The number of rotatable bonds is 6. The van der Waals surface area contributed by atoms with E-state index in [0.29, 0.717) is 24.7 Å². The van der Waals surface area contributed by atoms with Gasteiger partial charge in [0.15, 0.2) is 15.7 Å². The van der Waals surface area contributed by atoms with Gasteiger partial charge in [0.25, 0.3) is 0 Å². The maximum atomic E-state index is 11.5. The number of hydrogen-bond donors (Lipinski definition) is 1. The van der Waals surface area contributed by atoms with E-state index in [1.54, 1.807) is 0 Å². The van der Waals surface area contributed by atoms with Gasteiger partial charge in [-0.05, 0) is 19.5 Å². The van der Waals surface area contributed by atoms with Crippen molar-refractivity contribution in [1.29, 1.82) is 0 Å². The molecule has 8 heteroatoms. The van der Waals surface area contributed by atoms with Crippen LogP contribution in [0.25, 0.3) is 0 Å². The van der Waals surface area contributed by atoms with Crippen molar-refractivity contribution in [2.24, 2.45) is 5.73 Å². The highest BCUT2D eigenvalue weighted by atomic mass is 32.2. The molecule has 1 saturated heterocycles. The minimum absolute atomic E-state index is 0.0971. The van der Waals surface area contributed by atoms with Crippen LogP contribution in [0.4, 0.5) is 0 Å². The average molecular weight is 302 g/mol. The Balaban J connectivity index is 2.02. The first-order valence-electron chi connectivity index (χ1n) is 6.97. The summed E-state index contributed by atoms with van der Waals surface area (Å²) in [6.45, 7) is 6.63. The average Bonchev–Trinajstić information content (AvgIpc) is 3.02. The highest BCUT2D eigenvalue weighted by molar-refractivity contribution is 7.91. The molecule has 2 rings (SSSR count). The second-order valence-electron chi connectivity index (χ2n) is 5.18. The monoisotopic (exact) mass is 302 g/mol. The molecule has 0 amide bonds. The third kappa shape index (κ3) is 3.56. The third-order valence-electron chi connectivity index (χ3n) is 3.72. The summed E-state index contributed by atoms with van der Waals surface area (Å²) in [5.74, 6) is 0.968. The molecule has 1 fully saturated rings. The van der Waals surface area contributed by atoms with E-state index in [0.717, 1.165) is 13.1 Å². The largest absolute Gasteiger partial charge is 0.339 e. The van der Waals surface area contributed by atoms with E-state index < -0.39 is 9.84 Å². The molecule has 1 aliphatic rings. The van der Waals surface area contributed by atoms with Gasteiger partial charge < -0.3 is 15.2 Å². The van der Waals surface area contributed by atoms with Crippen LogP contribution >= 0.6 is 0 Å². The van der Waals surface area contributed by atoms with Crippen LogP contribution in [0.5, 0.6) is 0 Å². The normalized spacial score (nSPS) is 23.3. The van der Waals surface area contributed by atoms with Gasteiger partial charge in [-0.3, -0.25) is 0 Å². The van der Waals surface area contributed by atoms with E-state index in [9.17, 15) is 8.42 Å². The van der Waals surface area contributed by atoms with Crippen molar-refractivity contribution in [2.45, 2.75) is 32.2 Å². The van der Waals surface area contributed by atoms with Crippen molar-refractivity contribution in [1.82, 2.24) is 15.0 Å². The van der Waals surface area contributed by atoms with E-state index in [2.05, 4.69) is 28.9 Å². The molecular weight excluding hydrogens is 280 g/mol. The number of nitrogens with zero attached hydrogens (tertiary/aromatic N) is 3. The maximum absolute atomic E-state index is 11.5. The first-order chi connectivity index (χ1) is 9.45. The van der Waals surface area contributed by atoms with E-state index in [4.69, 9.17) is 10.3 Å². The molecule has 7 nitrogen and oxygen atoms in total. The van der Waals surface area contributed by atoms with Gasteiger partial charge in [0.1, 0.15) is 0 Å². The molecule has 0 bridgehead atoms. The summed E-state index contributed by atoms with van der Waals surface area (Å²) in [4.78, 5) is 6.47. The van der Waals surface area contributed by atoms with Crippen LogP contribution in [0.3, 0.4) is 0 Å². The zero-order valence-electron chi connectivity index (χ0n) is 11.9. The summed E-state index contributed by atoms with van der Waals surface area (Å²) in [5.41, 5.74) is 6.07. The Labute approximate surface area is 119 Å². The lowest BCUT2D eigenvalue weighted by atomic mass is 10.1. The molecule has 20 heavy (non-hydrogen) atoms. The fourth-order valence-electron chi connectivity index (χ4n) is 2.40. The Morgan fingerprint density at radius 2 is 2.15 bits per heavy atom. The molecule has 1 aliphatic heterocycles. The molecule has 0 aliphatic carbocycles. The third-order valence-corrected chi connectivity index (χ3v) is 5.49. The molecule has 0 radical (unpaired) electrons. The van der Waals surface area contributed by atoms with Gasteiger partial charge in [-0.1, -0.05) is 19.0 Å². The van der Waals surface area contributed by atoms with Crippen molar-refractivity contribution in [2.75, 3.05) is 31.1 Å². The smallest absolute Gasteiger partial charge is 0.230 e. The quantitative estimate of drug-likeness (QED) is 0.807. The molecule has 1 aromatic heterocycles. The Bertz CT molecular complexity index is 539. The predicted octanol–water partition coefficient (Wildman–Crippen LogP) is 0.313. The van der Waals surface area contributed by atoms with Gasteiger partial charge >= 0.3 is 0 Å². The summed E-state index contributed by atoms with van der Waals surface area (Å²) < 4.78 is 28.1. The van der Waals surface area contributed by atoms with Crippen molar-refractivity contribution < 1.29 is 12.9 Å². The fraction of sp³-hybridized carbons (Fsp3) is 0.833. The van der Waals surface area contributed by atoms with Crippen LogP contribution < -0.4 is 5.73 Å². The second kappa shape index (κ2) is 6.19. The zero-order chi connectivity index (χ0) is 14.8. The van der Waals surface area contributed by atoms with Crippen LogP contribution in [-0.2, 0) is 9.84 Å². The topological polar surface area (TPSA) is 102 Å². The van der Waals surface area contributed by atoms with E-state index in [1.807, 2.05) is 0 Å². The van der Waals surface area contributed by atoms with Crippen LogP contribution in [0.2, 0.25) is 0 Å². The lowest BCUT2D eigenvalue weighted by Crippen LogP contribution is -2.32. The molecule has 2 unspecified atom stereocenters. The Hall–Kier alpha value is -0.990. The van der Waals surface area contributed by atoms with Crippen molar-refractivity contribution in [3.8, 4) is 0 Å². The summed E-state index contributed by atoms with van der Waals surface area (Å²) in [6.07, 6.45) is 0.551. The lowest BCUT2D eigenvalue weighted by Gasteiger charge is -2.20. The minimum Gasteiger partial charge on any atom is -0.339 e. The van der Waals surface area contributed by atoms with E-state index in [1.165, 1.54) is 0 Å². The van der Waals surface area contributed by atoms with Crippen molar-refractivity contribution >= 4 is 9.84 Å². The second-order valence-corrected chi connectivity index (χ2v) is 7.41. The van der Waals surface area contributed by atoms with Gasteiger partial charge in [-0.25, -0.2) is 8.42 Å². The van der Waals surface area contributed by atoms with Gasteiger partial charge in [-0.15, -0.1) is 0 Å². The first-order valence-corrected chi connectivity index (χ1v) is 8.79. The summed E-state index contributed by atoms with van der Waals surface area (Å²) in [5, 5.41) is 3.90. The van der Waals surface area contributed by atoms with Crippen LogP contribution in [0.1, 0.15) is 43.9 Å². The summed E-state index contributed by atoms with van der Waals surface area (Å²) >= 11 is 0. The molecule has 1 aromatic rings. The maximum Gasteiger partial charge on any atom is 0.230 e. The summed E-state index contributed by atoms with van der Waals surface area (Å²) in [7, 11) is -2.95. The van der Waals surface area contributed by atoms with Crippen LogP contribution in [0, 0.1) is 0 Å². The molecule has 2 heterocycles. The minimum atomic E-state index is -2.95. The van der Waals surface area contributed by atoms with Crippen LogP contribution in [0.15, 0.2) is 4.52 Å². The highest BCUT2D eigenvalue weighted by Crippen LogP contribution is 2.28. The number of nitrogens with two attached hydrogens (primary N) is 1. The fourth-order valence-corrected chi connectivity index (χ4v) is 4.13. The molecule has 0 aromatic carbocycles. The van der Waals surface area contributed by atoms with Gasteiger partial charge in [0, 0.05) is 6.54 Å². The molecule has 114 valence electrons. The molecule has 2 N–H and O–H groups in total. The highest BCUT2D eigenvalue weighted by Gasteiger charge is 2.33. The van der Waals surface area contributed by atoms with Gasteiger partial charge in [0.05, 0.1) is 23.5 Å². The van der Waals surface area contributed by atoms with Crippen LogP contribution in [-0.4, -0.2) is 54.6 Å². The van der Waals surface area contributed by atoms with E-state index in [-0.39, 0.29) is 23.5 Å². The Morgan fingerprint density at radius 1 is 1.45 bits per heavy atom. The molecule has 2 atom stereocenters. The number of hydrogen-bond acceptors (Lipinski definition) is 7. The van der Waals surface area contributed by atoms with Crippen molar-refractivity contribution in [3.05, 3.63) is 11.7 Å². The Morgan fingerprint density at radius 3 is 2.70 bits per heavy atom. The SMILES string of the molecule is CCN(CC)CC(N)c1noc(C2CCS(=O)(=O)C2)n1. The lowest BCUT2D eigenvalue weighted by molar-refractivity contribution is 0.277. The molecule has 0 saturated carbocycles. The van der Waals surface area contributed by atoms with Gasteiger partial charge in [-0.2, -0.15) is 4.98 Å². The number of likely N-dealkylation sites (N-methyl/N-ethyl adjacent to an activating group) is 1. The number of aromatic nitrogens is 2. The Kier molecular flexibility index (Phi) is 4.77. The summed E-state index contributed by atoms with van der Waals surface area (Å²) in [6, 6.07) is -0.314. The van der Waals surface area contributed by atoms with E-state index >= 15 is 0 Å². The molecule has 0 spiro atoms. The molecular formula is C12H22N4O3S. The standard InChI is InChI=1S/C12H22N4O3S/c1-3-16(4-2)7-10(13)11-14-12(19-15-11)9-5-6-20(17,18)8-9/h9-10H,3-8,13H2,1-2H3. The van der Waals surface area contributed by atoms with Crippen molar-refractivity contribution in [3.63, 3.8) is 0 Å². The van der Waals surface area contributed by atoms with Gasteiger partial charge in [0.2, 0.25) is 5.89 Å². The zero-order valence-corrected chi connectivity index (χ0v) is 12.8. The first kappa shape index (κ1) is 15.4. The predicted molar refractivity (Wildman–Crippen MR) is 75.0 cm³/mol. The number of sulfone groups is 1.